The largest absolute Gasteiger partial charge is 0.393 e. The minimum Gasteiger partial charge on any atom is -0.393 e. The molecule has 0 rings (SSSR count). The molecule has 0 radical (unpaired) electrons. The van der Waals surface area contributed by atoms with E-state index in [2.05, 4.69) is 38.2 Å². The molecule has 0 aromatic heterocycles. The highest BCUT2D eigenvalue weighted by Crippen LogP contribution is 2.21. The normalized spacial score (nSPS) is 12.3. The minimum atomic E-state index is -0.333. The second kappa shape index (κ2) is 35.8. The molecule has 0 fully saturated rings. The average molecular weight is 617 g/mol. The van der Waals surface area contributed by atoms with Crippen molar-refractivity contribution in [3.8, 4) is 0 Å². The van der Waals surface area contributed by atoms with Crippen LogP contribution in [0.5, 0.6) is 0 Å². The molecular weight excluding hydrogens is 544 g/mol. The van der Waals surface area contributed by atoms with Crippen molar-refractivity contribution in [3.63, 3.8) is 0 Å². The van der Waals surface area contributed by atoms with E-state index in [0.29, 0.717) is 6.42 Å². The summed E-state index contributed by atoms with van der Waals surface area (Å²) in [7, 11) is 0. The molecule has 0 spiro atoms. The van der Waals surface area contributed by atoms with Crippen molar-refractivity contribution in [3.05, 3.63) is 24.3 Å². The summed E-state index contributed by atoms with van der Waals surface area (Å²) in [6, 6.07) is 0. The Bertz CT molecular complexity index is 695. The zero-order valence-electron chi connectivity index (χ0n) is 29.3. The van der Waals surface area contributed by atoms with Gasteiger partial charge in [0.25, 0.3) is 0 Å². The molecule has 0 aromatic rings. The lowest BCUT2D eigenvalue weighted by atomic mass is 9.95. The molecule has 0 aliphatic carbocycles. The molecule has 0 saturated heterocycles. The maximum atomic E-state index is 12.7. The van der Waals surface area contributed by atoms with Crippen LogP contribution < -0.4 is 0 Å². The van der Waals surface area contributed by atoms with E-state index in [0.717, 1.165) is 89.8 Å². The van der Waals surface area contributed by atoms with Crippen molar-refractivity contribution in [2.75, 3.05) is 0 Å². The third-order valence-electron chi connectivity index (χ3n) is 8.66. The van der Waals surface area contributed by atoms with Gasteiger partial charge in [-0.1, -0.05) is 160 Å². The number of hydrogen-bond acceptors (Lipinski definition) is 4. The maximum Gasteiger partial charge on any atom is 0.316 e. The Hall–Kier alpha value is -1.71. The van der Waals surface area contributed by atoms with Gasteiger partial charge in [0.2, 0.25) is 0 Å². The molecule has 0 saturated carbocycles. The topological polar surface area (TPSA) is 60.4 Å². The summed E-state index contributed by atoms with van der Waals surface area (Å²) < 4.78 is 5.30. The molecule has 4 heteroatoms. The van der Waals surface area contributed by atoms with Crippen LogP contribution in [0.25, 0.3) is 0 Å². The molecular formula is C40H72O4. The van der Waals surface area contributed by atoms with Crippen LogP contribution in [0.15, 0.2) is 24.3 Å². The van der Waals surface area contributed by atoms with Crippen LogP contribution in [0.1, 0.15) is 206 Å². The Kier molecular flexibility index (Phi) is 34.4. The van der Waals surface area contributed by atoms with Crippen LogP contribution >= 0.6 is 0 Å². The number of rotatable bonds is 34. The van der Waals surface area contributed by atoms with Crippen molar-refractivity contribution in [1.82, 2.24) is 0 Å². The van der Waals surface area contributed by atoms with Crippen LogP contribution in [0.4, 0.5) is 0 Å². The van der Waals surface area contributed by atoms with Gasteiger partial charge in [0.05, 0.1) is 5.92 Å². The lowest BCUT2D eigenvalue weighted by Gasteiger charge is -2.15. The van der Waals surface area contributed by atoms with E-state index < -0.39 is 0 Å². The van der Waals surface area contributed by atoms with E-state index >= 15 is 0 Å². The molecule has 0 aromatic carbocycles. The molecule has 4 nitrogen and oxygen atoms in total. The van der Waals surface area contributed by atoms with E-state index in [4.69, 9.17) is 4.74 Å². The van der Waals surface area contributed by atoms with Gasteiger partial charge in [-0.3, -0.25) is 9.59 Å². The second-order valence-corrected chi connectivity index (χ2v) is 13.0. The monoisotopic (exact) mass is 617 g/mol. The van der Waals surface area contributed by atoms with Gasteiger partial charge in [-0.25, -0.2) is 0 Å². The first-order valence-electron chi connectivity index (χ1n) is 19.1. The highest BCUT2D eigenvalue weighted by Gasteiger charge is 2.21. The fraction of sp³-hybridized carbons (Fsp3) is 0.825. The summed E-state index contributed by atoms with van der Waals surface area (Å²) in [6.45, 7) is 4.39. The van der Waals surface area contributed by atoms with E-state index in [9.17, 15) is 14.4 Å². The van der Waals surface area contributed by atoms with E-state index in [1.807, 2.05) is 0 Å². The third kappa shape index (κ3) is 31.7. The lowest BCUT2D eigenvalue weighted by Crippen LogP contribution is -2.21. The van der Waals surface area contributed by atoms with Crippen LogP contribution in [0.2, 0.25) is 0 Å². The number of esters is 2. The molecule has 0 aliphatic rings. The second-order valence-electron chi connectivity index (χ2n) is 13.0. The molecule has 1 unspecified atom stereocenters. The third-order valence-corrected chi connectivity index (χ3v) is 8.66. The molecule has 0 aliphatic heterocycles. The van der Waals surface area contributed by atoms with Crippen molar-refractivity contribution in [1.29, 1.82) is 0 Å². The Morgan fingerprint density at radius 1 is 0.500 bits per heavy atom. The van der Waals surface area contributed by atoms with Crippen LogP contribution in [0.3, 0.4) is 0 Å². The number of hydrogen-bond donors (Lipinski definition) is 0. The van der Waals surface area contributed by atoms with Gasteiger partial charge in [-0.05, 0) is 57.8 Å². The summed E-state index contributed by atoms with van der Waals surface area (Å²) in [5.41, 5.74) is 0. The molecule has 256 valence electrons. The SMILES string of the molecule is CCCCCC=CCC=CCCCCCCCC(=O)OC(=O)C(CCCC)CCCCCCCCCCCCCCCC=O. The number of unbranched alkanes of at least 4 members (excludes halogenated alkanes) is 22. The van der Waals surface area contributed by atoms with Gasteiger partial charge in [0.1, 0.15) is 6.29 Å². The number of carbonyl (C=O) groups excluding carboxylic acids is 3. The molecule has 0 N–H and O–H groups in total. The van der Waals surface area contributed by atoms with E-state index in [-0.39, 0.29) is 17.9 Å². The first kappa shape index (κ1) is 42.3. The van der Waals surface area contributed by atoms with Gasteiger partial charge in [-0.2, -0.15) is 0 Å². The van der Waals surface area contributed by atoms with Gasteiger partial charge in [0.15, 0.2) is 0 Å². The van der Waals surface area contributed by atoms with E-state index in [1.54, 1.807) is 0 Å². The first-order valence-corrected chi connectivity index (χ1v) is 19.1. The quantitative estimate of drug-likeness (QED) is 0.0237. The Balaban J connectivity index is 3.80. The zero-order valence-corrected chi connectivity index (χ0v) is 29.3. The Labute approximate surface area is 273 Å². The van der Waals surface area contributed by atoms with Gasteiger partial charge < -0.3 is 9.53 Å². The Morgan fingerprint density at radius 3 is 1.45 bits per heavy atom. The number of carbonyl (C=O) groups is 3. The number of allylic oxidation sites excluding steroid dienone is 4. The molecule has 0 amide bonds. The van der Waals surface area contributed by atoms with Gasteiger partial charge in [-0.15, -0.1) is 0 Å². The van der Waals surface area contributed by atoms with Crippen LogP contribution in [0, 0.1) is 5.92 Å². The summed E-state index contributed by atoms with van der Waals surface area (Å²) in [6.07, 6.45) is 43.9. The fourth-order valence-corrected chi connectivity index (χ4v) is 5.72. The number of aldehydes is 1. The Morgan fingerprint density at radius 2 is 0.932 bits per heavy atom. The summed E-state index contributed by atoms with van der Waals surface area (Å²) >= 11 is 0. The van der Waals surface area contributed by atoms with Gasteiger partial charge in [0, 0.05) is 12.8 Å². The minimum absolute atomic E-state index is 0.123. The molecule has 0 bridgehead atoms. The van der Waals surface area contributed by atoms with Gasteiger partial charge >= 0.3 is 11.9 Å². The maximum absolute atomic E-state index is 12.7. The summed E-state index contributed by atoms with van der Waals surface area (Å²) in [4.78, 5) is 35.4. The van der Waals surface area contributed by atoms with Crippen molar-refractivity contribution in [2.45, 2.75) is 206 Å². The predicted molar refractivity (Wildman–Crippen MR) is 189 cm³/mol. The first-order chi connectivity index (χ1) is 21.7. The summed E-state index contributed by atoms with van der Waals surface area (Å²) in [5, 5.41) is 0. The number of ether oxygens (including phenoxy) is 1. The molecule has 44 heavy (non-hydrogen) atoms. The van der Waals surface area contributed by atoms with Crippen molar-refractivity contribution in [2.24, 2.45) is 5.92 Å². The smallest absolute Gasteiger partial charge is 0.316 e. The predicted octanol–water partition coefficient (Wildman–Crippen LogP) is 12.7. The molecule has 1 atom stereocenters. The fourth-order valence-electron chi connectivity index (χ4n) is 5.72. The highest BCUT2D eigenvalue weighted by molar-refractivity contribution is 5.86. The van der Waals surface area contributed by atoms with Crippen LogP contribution in [-0.2, 0) is 19.1 Å². The highest BCUT2D eigenvalue weighted by atomic mass is 16.6. The average Bonchev–Trinajstić information content (AvgIpc) is 3.02. The standard InChI is InChI=1S/C40H72O4/c1-3-5-7-8-9-10-11-12-13-17-20-23-26-29-32-36-39(42)44-40(43)38(34-6-4-2)35-31-28-25-22-19-16-14-15-18-21-24-27-30-33-37-41/h9-10,12-13,37-38H,3-8,11,14-36H2,1-2H3. The van der Waals surface area contributed by atoms with Crippen molar-refractivity contribution < 1.29 is 19.1 Å². The molecule has 0 heterocycles. The van der Waals surface area contributed by atoms with Crippen molar-refractivity contribution >= 4 is 18.2 Å². The summed E-state index contributed by atoms with van der Waals surface area (Å²) in [5.74, 6) is -0.739. The lowest BCUT2D eigenvalue weighted by molar-refractivity contribution is -0.163. The van der Waals surface area contributed by atoms with E-state index in [1.165, 1.54) is 103 Å². The zero-order chi connectivity index (χ0) is 32.2. The van der Waals surface area contributed by atoms with Crippen LogP contribution in [-0.4, -0.2) is 18.2 Å².